The monoisotopic (exact) mass is 443 g/mol. The molecule has 11 heteroatoms. The summed E-state index contributed by atoms with van der Waals surface area (Å²) in [5.41, 5.74) is -0.569. The first-order chi connectivity index (χ1) is 13.9. The van der Waals surface area contributed by atoms with Gasteiger partial charge in [-0.3, -0.25) is 4.57 Å². The first-order valence-electron chi connectivity index (χ1n) is 8.68. The van der Waals surface area contributed by atoms with Crippen LogP contribution in [0.4, 0.5) is 0 Å². The number of ether oxygens (including phenoxy) is 3. The molecule has 0 bridgehead atoms. The summed E-state index contributed by atoms with van der Waals surface area (Å²) in [5, 5.41) is 0.865. The van der Waals surface area contributed by atoms with E-state index in [-0.39, 0.29) is 19.9 Å². The highest BCUT2D eigenvalue weighted by Gasteiger charge is 2.24. The van der Waals surface area contributed by atoms with Crippen LogP contribution in [0.3, 0.4) is 0 Å². The molecule has 0 aliphatic carbocycles. The molecule has 0 N–H and O–H groups in total. The third-order valence-electron chi connectivity index (χ3n) is 3.84. The predicted molar refractivity (Wildman–Crippen MR) is 108 cm³/mol. The van der Waals surface area contributed by atoms with Crippen molar-refractivity contribution in [3.05, 3.63) is 55.8 Å². The van der Waals surface area contributed by atoms with E-state index in [0.717, 1.165) is 10.1 Å². The Hall–Kier alpha value is -2.14. The molecular weight excluding hydrogens is 422 g/mol. The molecule has 9 nitrogen and oxygen atoms in total. The fourth-order valence-corrected chi connectivity index (χ4v) is 3.28. The molecule has 1 aromatic carbocycles. The van der Waals surface area contributed by atoms with Gasteiger partial charge in [0.2, 0.25) is 0 Å². The van der Waals surface area contributed by atoms with Crippen LogP contribution in [0.5, 0.6) is 0 Å². The second-order valence-corrected chi connectivity index (χ2v) is 7.47. The fourth-order valence-electron chi connectivity index (χ4n) is 2.46. The zero-order chi connectivity index (χ0) is 21.4. The van der Waals surface area contributed by atoms with Gasteiger partial charge < -0.3 is 14.2 Å². The van der Waals surface area contributed by atoms with Crippen molar-refractivity contribution in [2.45, 2.75) is 31.3 Å². The number of aromatic nitrogens is 3. The highest BCUT2D eigenvalue weighted by atomic mass is 35.5. The van der Waals surface area contributed by atoms with Crippen molar-refractivity contribution in [1.82, 2.24) is 14.1 Å². The number of rotatable bonds is 10. The van der Waals surface area contributed by atoms with E-state index in [9.17, 15) is 14.4 Å². The van der Waals surface area contributed by atoms with Crippen LogP contribution in [-0.4, -0.2) is 53.0 Å². The molecule has 1 unspecified atom stereocenters. The number of methoxy groups -OCH3 is 2. The number of thioether (sulfide) groups is 1. The summed E-state index contributed by atoms with van der Waals surface area (Å²) in [6.45, 7) is 1.53. The molecule has 0 amide bonds. The maximum absolute atomic E-state index is 13.1. The quantitative estimate of drug-likeness (QED) is 0.308. The molecule has 0 saturated heterocycles. The Labute approximate surface area is 176 Å². The lowest BCUT2D eigenvalue weighted by Crippen LogP contribution is -2.46. The Morgan fingerprint density at radius 3 is 2.48 bits per heavy atom. The summed E-state index contributed by atoms with van der Waals surface area (Å²) in [4.78, 5) is 41.5. The first kappa shape index (κ1) is 23.1. The molecule has 158 valence electrons. The molecule has 29 heavy (non-hydrogen) atoms. The van der Waals surface area contributed by atoms with Gasteiger partial charge in [0.05, 0.1) is 20.2 Å². The van der Waals surface area contributed by atoms with Gasteiger partial charge in [0.15, 0.2) is 11.3 Å². The van der Waals surface area contributed by atoms with E-state index in [1.807, 2.05) is 6.92 Å². The lowest BCUT2D eigenvalue weighted by molar-refractivity contribution is -0.163. The molecule has 0 aliphatic heterocycles. The van der Waals surface area contributed by atoms with Crippen molar-refractivity contribution in [2.24, 2.45) is 0 Å². The van der Waals surface area contributed by atoms with Crippen LogP contribution in [0.1, 0.15) is 12.5 Å². The van der Waals surface area contributed by atoms with Crippen molar-refractivity contribution in [3.63, 3.8) is 0 Å². The number of benzene rings is 1. The molecule has 0 spiro atoms. The van der Waals surface area contributed by atoms with Crippen molar-refractivity contribution >= 4 is 29.3 Å². The highest BCUT2D eigenvalue weighted by Crippen LogP contribution is 2.15. The molecule has 0 radical (unpaired) electrons. The smallest absolute Gasteiger partial charge is 0.354 e. The number of nitrogens with zero attached hydrogens (tertiary/aromatic N) is 3. The van der Waals surface area contributed by atoms with Gasteiger partial charge >= 0.3 is 17.3 Å². The largest absolute Gasteiger partial charge is 0.467 e. The Balaban J connectivity index is 2.47. The Morgan fingerprint density at radius 1 is 1.21 bits per heavy atom. The molecule has 0 aliphatic rings. The standard InChI is InChI=1S/C18H22ClN3O6S/c1-4-29-17-20-16(24)21(10-14(15(23)27-3)28-11-26-2)18(25)22(17)9-12-5-7-13(19)8-6-12/h5-8,14H,4,9-11H2,1-3H3. The summed E-state index contributed by atoms with van der Waals surface area (Å²) in [6.07, 6.45) is -1.19. The predicted octanol–water partition coefficient (Wildman–Crippen LogP) is 1.38. The Morgan fingerprint density at radius 2 is 1.90 bits per heavy atom. The average molecular weight is 444 g/mol. The number of hydrogen-bond donors (Lipinski definition) is 0. The van der Waals surface area contributed by atoms with E-state index in [4.69, 9.17) is 21.1 Å². The van der Waals surface area contributed by atoms with E-state index < -0.39 is 23.5 Å². The lowest BCUT2D eigenvalue weighted by Gasteiger charge is -2.18. The van der Waals surface area contributed by atoms with Gasteiger partial charge in [-0.25, -0.2) is 19.0 Å². The van der Waals surface area contributed by atoms with Crippen LogP contribution in [0.25, 0.3) is 0 Å². The number of halogens is 1. The average Bonchev–Trinajstić information content (AvgIpc) is 2.71. The lowest BCUT2D eigenvalue weighted by atomic mass is 10.2. The maximum atomic E-state index is 13.1. The number of carbonyl (C=O) groups is 1. The van der Waals surface area contributed by atoms with E-state index >= 15 is 0 Å². The molecule has 0 saturated carbocycles. The summed E-state index contributed by atoms with van der Waals surface area (Å²) in [6, 6.07) is 6.99. The van der Waals surface area contributed by atoms with Gasteiger partial charge in [-0.05, 0) is 23.4 Å². The van der Waals surface area contributed by atoms with Crippen LogP contribution in [-0.2, 0) is 32.1 Å². The van der Waals surface area contributed by atoms with Crippen molar-refractivity contribution in [3.8, 4) is 0 Å². The van der Waals surface area contributed by atoms with E-state index in [1.165, 1.54) is 30.5 Å². The second kappa shape index (κ2) is 11.1. The minimum Gasteiger partial charge on any atom is -0.467 e. The summed E-state index contributed by atoms with van der Waals surface area (Å²) in [7, 11) is 2.57. The molecular formula is C18H22ClN3O6S. The van der Waals surface area contributed by atoms with Crippen LogP contribution in [0.2, 0.25) is 5.02 Å². The second-order valence-electron chi connectivity index (χ2n) is 5.80. The van der Waals surface area contributed by atoms with Crippen molar-refractivity contribution in [1.29, 1.82) is 0 Å². The highest BCUT2D eigenvalue weighted by molar-refractivity contribution is 7.99. The van der Waals surface area contributed by atoms with Gasteiger partial charge in [0.25, 0.3) is 0 Å². The molecule has 1 atom stereocenters. The molecule has 2 aromatic rings. The zero-order valence-electron chi connectivity index (χ0n) is 16.3. The number of hydrogen-bond acceptors (Lipinski definition) is 8. The van der Waals surface area contributed by atoms with Gasteiger partial charge in [0, 0.05) is 12.1 Å². The van der Waals surface area contributed by atoms with Gasteiger partial charge in [0.1, 0.15) is 6.79 Å². The normalized spacial score (nSPS) is 12.0. The Bertz CT molecular complexity index is 944. The van der Waals surface area contributed by atoms with Gasteiger partial charge in [-0.1, -0.05) is 42.4 Å². The molecule has 1 aromatic heterocycles. The van der Waals surface area contributed by atoms with Crippen LogP contribution < -0.4 is 11.4 Å². The van der Waals surface area contributed by atoms with E-state index in [2.05, 4.69) is 9.72 Å². The third kappa shape index (κ3) is 6.17. The summed E-state index contributed by atoms with van der Waals surface area (Å²) >= 11 is 7.19. The summed E-state index contributed by atoms with van der Waals surface area (Å²) < 4.78 is 17.0. The molecule has 0 fully saturated rings. The third-order valence-corrected chi connectivity index (χ3v) is 4.95. The Kier molecular flexibility index (Phi) is 8.90. The molecule has 2 rings (SSSR count). The van der Waals surface area contributed by atoms with Crippen LogP contribution in [0, 0.1) is 0 Å². The van der Waals surface area contributed by atoms with E-state index in [0.29, 0.717) is 15.9 Å². The molecule has 1 heterocycles. The van der Waals surface area contributed by atoms with Crippen LogP contribution >= 0.6 is 23.4 Å². The topological polar surface area (TPSA) is 102 Å². The number of esters is 1. The van der Waals surface area contributed by atoms with Crippen molar-refractivity contribution in [2.75, 3.05) is 26.8 Å². The SMILES string of the molecule is CCSc1nc(=O)n(CC(OCOC)C(=O)OC)c(=O)n1Cc1ccc(Cl)cc1. The van der Waals surface area contributed by atoms with E-state index in [1.54, 1.807) is 24.3 Å². The maximum Gasteiger partial charge on any atom is 0.354 e. The zero-order valence-corrected chi connectivity index (χ0v) is 17.9. The van der Waals surface area contributed by atoms with Crippen molar-refractivity contribution < 1.29 is 19.0 Å². The minimum atomic E-state index is -1.19. The van der Waals surface area contributed by atoms with Crippen LogP contribution in [0.15, 0.2) is 39.0 Å². The first-order valence-corrected chi connectivity index (χ1v) is 10.0. The van der Waals surface area contributed by atoms with Gasteiger partial charge in [-0.15, -0.1) is 0 Å². The van der Waals surface area contributed by atoms with Gasteiger partial charge in [-0.2, -0.15) is 4.98 Å². The minimum absolute atomic E-state index is 0.188. The summed E-state index contributed by atoms with van der Waals surface area (Å²) in [5.74, 6) is -0.109. The fraction of sp³-hybridized carbons (Fsp3) is 0.444. The number of carbonyl (C=O) groups excluding carboxylic acids is 1.